The summed E-state index contributed by atoms with van der Waals surface area (Å²) in [5, 5.41) is 8.90. The summed E-state index contributed by atoms with van der Waals surface area (Å²) >= 11 is 0. The summed E-state index contributed by atoms with van der Waals surface area (Å²) in [6, 6.07) is 6.67. The Bertz CT molecular complexity index is 381. The van der Waals surface area contributed by atoms with Crippen LogP contribution in [0.4, 0.5) is 0 Å². The van der Waals surface area contributed by atoms with Gasteiger partial charge in [-0.15, -0.1) is 0 Å². The fraction of sp³-hybridized carbons (Fsp3) is 0.647. The van der Waals surface area contributed by atoms with Crippen LogP contribution in [0.15, 0.2) is 18.2 Å². The molecule has 0 heterocycles. The average Bonchev–Trinajstić information content (AvgIpc) is 2.97. The van der Waals surface area contributed by atoms with E-state index in [1.165, 1.54) is 49.7 Å². The summed E-state index contributed by atoms with van der Waals surface area (Å²) in [6.07, 6.45) is 8.90. The quantitative estimate of drug-likeness (QED) is 0.803. The van der Waals surface area contributed by atoms with E-state index in [0.717, 1.165) is 18.1 Å². The van der Waals surface area contributed by atoms with Gasteiger partial charge in [0.2, 0.25) is 0 Å². The third kappa shape index (κ3) is 3.97. The number of rotatable bonds is 7. The van der Waals surface area contributed by atoms with E-state index < -0.39 is 0 Å². The normalized spacial score (nSPS) is 15.9. The lowest BCUT2D eigenvalue weighted by molar-refractivity contribution is 0.200. The van der Waals surface area contributed by atoms with Gasteiger partial charge in [-0.05, 0) is 48.8 Å². The van der Waals surface area contributed by atoms with Gasteiger partial charge in [-0.2, -0.15) is 0 Å². The lowest BCUT2D eigenvalue weighted by Gasteiger charge is -2.15. The maximum absolute atomic E-state index is 8.90. The molecule has 0 atom stereocenters. The minimum atomic E-state index is 0.0809. The van der Waals surface area contributed by atoms with E-state index in [1.807, 2.05) is 0 Å². The second kappa shape index (κ2) is 7.54. The molecule has 0 aromatic heterocycles. The first-order valence-electron chi connectivity index (χ1n) is 7.71. The molecule has 1 aliphatic rings. The number of hydrogen-bond acceptors (Lipinski definition) is 2. The smallest absolute Gasteiger partial charge is 0.122 e. The molecular formula is C17H26O2. The highest BCUT2D eigenvalue weighted by Gasteiger charge is 2.18. The predicted molar refractivity (Wildman–Crippen MR) is 78.8 cm³/mol. The fourth-order valence-corrected chi connectivity index (χ4v) is 2.97. The van der Waals surface area contributed by atoms with Crippen LogP contribution in [0.3, 0.4) is 0 Å². The van der Waals surface area contributed by atoms with Crippen molar-refractivity contribution in [3.63, 3.8) is 0 Å². The van der Waals surface area contributed by atoms with Crippen molar-refractivity contribution < 1.29 is 9.84 Å². The molecule has 19 heavy (non-hydrogen) atoms. The topological polar surface area (TPSA) is 29.5 Å². The van der Waals surface area contributed by atoms with E-state index >= 15 is 0 Å². The number of aliphatic hydroxyl groups is 1. The van der Waals surface area contributed by atoms with Crippen LogP contribution in [0.2, 0.25) is 0 Å². The van der Waals surface area contributed by atoms with E-state index in [2.05, 4.69) is 25.1 Å². The van der Waals surface area contributed by atoms with Gasteiger partial charge in [0.15, 0.2) is 0 Å². The van der Waals surface area contributed by atoms with Gasteiger partial charge in [0.05, 0.1) is 6.61 Å². The number of aryl methyl sites for hydroxylation is 1. The molecule has 1 aromatic carbocycles. The summed E-state index contributed by atoms with van der Waals surface area (Å²) in [5.41, 5.74) is 2.81. The minimum Gasteiger partial charge on any atom is -0.491 e. The van der Waals surface area contributed by atoms with Crippen molar-refractivity contribution in [2.75, 3.05) is 13.2 Å². The van der Waals surface area contributed by atoms with Crippen LogP contribution in [0.1, 0.15) is 62.5 Å². The highest BCUT2D eigenvalue weighted by Crippen LogP contribution is 2.36. The second-order valence-corrected chi connectivity index (χ2v) is 5.52. The molecule has 0 bridgehead atoms. The Kier molecular flexibility index (Phi) is 5.71. The SMILES string of the molecule is CCCCc1cc(C2CCCC2)ccc1OCCO. The molecule has 0 spiro atoms. The van der Waals surface area contributed by atoms with Crippen molar-refractivity contribution >= 4 is 0 Å². The predicted octanol–water partition coefficient (Wildman–Crippen LogP) is 4.06. The Hall–Kier alpha value is -1.02. The molecular weight excluding hydrogens is 236 g/mol. The highest BCUT2D eigenvalue weighted by atomic mass is 16.5. The van der Waals surface area contributed by atoms with Crippen LogP contribution >= 0.6 is 0 Å². The zero-order valence-corrected chi connectivity index (χ0v) is 12.0. The summed E-state index contributed by atoms with van der Waals surface area (Å²) < 4.78 is 5.65. The molecule has 0 amide bonds. The van der Waals surface area contributed by atoms with Crippen molar-refractivity contribution in [1.29, 1.82) is 0 Å². The maximum Gasteiger partial charge on any atom is 0.122 e. The first-order valence-corrected chi connectivity index (χ1v) is 7.71. The van der Waals surface area contributed by atoms with Gasteiger partial charge < -0.3 is 9.84 Å². The van der Waals surface area contributed by atoms with Gasteiger partial charge in [0.25, 0.3) is 0 Å². The summed E-state index contributed by atoms with van der Waals surface area (Å²) in [6.45, 7) is 2.69. The summed E-state index contributed by atoms with van der Waals surface area (Å²) in [7, 11) is 0. The van der Waals surface area contributed by atoms with E-state index in [0.29, 0.717) is 6.61 Å². The van der Waals surface area contributed by atoms with E-state index in [4.69, 9.17) is 9.84 Å². The molecule has 1 N–H and O–H groups in total. The molecule has 0 radical (unpaired) electrons. The Balaban J connectivity index is 2.13. The highest BCUT2D eigenvalue weighted by molar-refractivity contribution is 5.39. The number of ether oxygens (including phenoxy) is 1. The molecule has 1 fully saturated rings. The van der Waals surface area contributed by atoms with Crippen LogP contribution in [-0.4, -0.2) is 18.3 Å². The lowest BCUT2D eigenvalue weighted by atomic mass is 9.94. The molecule has 1 aromatic rings. The summed E-state index contributed by atoms with van der Waals surface area (Å²) in [4.78, 5) is 0. The number of unbranched alkanes of at least 4 members (excludes halogenated alkanes) is 1. The Morgan fingerprint density at radius 1 is 1.26 bits per heavy atom. The largest absolute Gasteiger partial charge is 0.491 e. The number of benzene rings is 1. The van der Waals surface area contributed by atoms with Gasteiger partial charge in [-0.1, -0.05) is 38.3 Å². The Morgan fingerprint density at radius 3 is 2.74 bits per heavy atom. The van der Waals surface area contributed by atoms with Crippen molar-refractivity contribution in [1.82, 2.24) is 0 Å². The Morgan fingerprint density at radius 2 is 2.05 bits per heavy atom. The van der Waals surface area contributed by atoms with Gasteiger partial charge >= 0.3 is 0 Å². The summed E-state index contributed by atoms with van der Waals surface area (Å²) in [5.74, 6) is 1.72. The molecule has 1 saturated carbocycles. The zero-order chi connectivity index (χ0) is 13.5. The molecule has 2 rings (SSSR count). The van der Waals surface area contributed by atoms with Gasteiger partial charge in [0, 0.05) is 0 Å². The van der Waals surface area contributed by atoms with Crippen molar-refractivity contribution in [3.05, 3.63) is 29.3 Å². The van der Waals surface area contributed by atoms with Crippen LogP contribution in [0.5, 0.6) is 5.75 Å². The van der Waals surface area contributed by atoms with Crippen molar-refractivity contribution in [2.24, 2.45) is 0 Å². The van der Waals surface area contributed by atoms with Gasteiger partial charge in [-0.25, -0.2) is 0 Å². The molecule has 106 valence electrons. The Labute approximate surface area is 116 Å². The first-order chi connectivity index (χ1) is 9.35. The molecule has 0 aliphatic heterocycles. The first kappa shape index (κ1) is 14.4. The third-order valence-electron chi connectivity index (χ3n) is 4.06. The fourth-order valence-electron chi connectivity index (χ4n) is 2.97. The number of hydrogen-bond donors (Lipinski definition) is 1. The van der Waals surface area contributed by atoms with E-state index in [9.17, 15) is 0 Å². The maximum atomic E-state index is 8.90. The molecule has 0 saturated heterocycles. The minimum absolute atomic E-state index is 0.0809. The van der Waals surface area contributed by atoms with Crippen LogP contribution in [0, 0.1) is 0 Å². The standard InChI is InChI=1S/C17H26O2/c1-2-3-6-16-13-15(14-7-4-5-8-14)9-10-17(16)19-12-11-18/h9-10,13-14,18H,2-8,11-12H2,1H3. The average molecular weight is 262 g/mol. The third-order valence-corrected chi connectivity index (χ3v) is 4.06. The van der Waals surface area contributed by atoms with E-state index in [1.54, 1.807) is 0 Å². The van der Waals surface area contributed by atoms with Crippen molar-refractivity contribution in [2.45, 2.75) is 57.8 Å². The van der Waals surface area contributed by atoms with E-state index in [-0.39, 0.29) is 6.61 Å². The van der Waals surface area contributed by atoms with Crippen molar-refractivity contribution in [3.8, 4) is 5.75 Å². The van der Waals surface area contributed by atoms with Crippen LogP contribution in [0.25, 0.3) is 0 Å². The molecule has 2 nitrogen and oxygen atoms in total. The lowest BCUT2D eigenvalue weighted by Crippen LogP contribution is -2.05. The van der Waals surface area contributed by atoms with Gasteiger partial charge in [-0.3, -0.25) is 0 Å². The zero-order valence-electron chi connectivity index (χ0n) is 12.0. The van der Waals surface area contributed by atoms with Crippen LogP contribution < -0.4 is 4.74 Å². The molecule has 1 aliphatic carbocycles. The monoisotopic (exact) mass is 262 g/mol. The van der Waals surface area contributed by atoms with Crippen LogP contribution in [-0.2, 0) is 6.42 Å². The number of aliphatic hydroxyl groups excluding tert-OH is 1. The van der Waals surface area contributed by atoms with Gasteiger partial charge in [0.1, 0.15) is 12.4 Å². The second-order valence-electron chi connectivity index (χ2n) is 5.52. The molecule has 2 heteroatoms. The molecule has 0 unspecified atom stereocenters.